The van der Waals surface area contributed by atoms with E-state index in [9.17, 15) is 13.6 Å². The van der Waals surface area contributed by atoms with Gasteiger partial charge in [-0.3, -0.25) is 5.10 Å². The molecule has 3 aromatic rings. The van der Waals surface area contributed by atoms with E-state index < -0.39 is 11.6 Å². The van der Waals surface area contributed by atoms with Crippen LogP contribution in [-0.2, 0) is 13.1 Å². The molecular weight excluding hydrogens is 478 g/mol. The summed E-state index contributed by atoms with van der Waals surface area (Å²) >= 11 is 0. The van der Waals surface area contributed by atoms with Gasteiger partial charge < -0.3 is 20.4 Å². The molecule has 3 heterocycles. The number of urea groups is 1. The van der Waals surface area contributed by atoms with Crippen LogP contribution >= 0.6 is 0 Å². The highest BCUT2D eigenvalue weighted by atomic mass is 19.2. The highest BCUT2D eigenvalue weighted by molar-refractivity contribution is 5.75. The number of hydrogen-bond acceptors (Lipinski definition) is 6. The number of carbonyl (C=O) groups is 1. The first kappa shape index (κ1) is 23.6. The average Bonchev–Trinajstić information content (AvgIpc) is 3.51. The molecule has 1 aliphatic heterocycles. The van der Waals surface area contributed by atoms with Crippen LogP contribution in [0.15, 0.2) is 30.5 Å². The van der Waals surface area contributed by atoms with E-state index in [1.54, 1.807) is 11.1 Å². The third-order valence-electron chi connectivity index (χ3n) is 7.65. The van der Waals surface area contributed by atoms with Crippen molar-refractivity contribution < 1.29 is 13.6 Å². The third-order valence-corrected chi connectivity index (χ3v) is 7.65. The number of amides is 2. The van der Waals surface area contributed by atoms with Gasteiger partial charge in [0.05, 0.1) is 0 Å². The van der Waals surface area contributed by atoms with Gasteiger partial charge in [-0.1, -0.05) is 0 Å². The topological polar surface area (TPSA) is 102 Å². The molecule has 2 amide bonds. The number of rotatable bonds is 6. The number of benzene rings is 1. The molecule has 0 spiro atoms. The molecule has 2 aromatic heterocycles. The molecule has 0 bridgehead atoms. The minimum atomic E-state index is -0.877. The molecule has 0 atom stereocenters. The molecule has 11 heteroatoms. The van der Waals surface area contributed by atoms with Crippen LogP contribution in [0.2, 0.25) is 0 Å². The van der Waals surface area contributed by atoms with Crippen molar-refractivity contribution in [2.45, 2.75) is 69.6 Å². The van der Waals surface area contributed by atoms with Crippen LogP contribution in [0.1, 0.15) is 61.3 Å². The van der Waals surface area contributed by atoms with Crippen LogP contribution in [0.4, 0.5) is 31.2 Å². The maximum atomic E-state index is 13.5. The number of carbonyl (C=O) groups excluding carboxylic acids is 1. The molecule has 3 aliphatic rings. The maximum Gasteiger partial charge on any atom is 0.318 e. The summed E-state index contributed by atoms with van der Waals surface area (Å²) in [5.41, 5.74) is 2.48. The van der Waals surface area contributed by atoms with Crippen molar-refractivity contribution in [3.8, 4) is 0 Å². The number of aromatic nitrogens is 4. The normalized spacial score (nSPS) is 21.0. The Morgan fingerprint density at radius 2 is 1.73 bits per heavy atom. The molecule has 194 valence electrons. The lowest BCUT2D eigenvalue weighted by molar-refractivity contribution is 0.189. The van der Waals surface area contributed by atoms with Crippen LogP contribution in [0, 0.1) is 11.6 Å². The number of nitrogens with zero attached hydrogens (tertiary/aromatic N) is 5. The standard InChI is InChI=1S/C26H30F2N8O/c1-35(25-29-9-8-23(32-25)31-24-12-22(33-34-24)15-2-3-15)19-6-4-18(5-7-19)30-26(37)36-13-16-10-20(27)21(28)11-17(16)14-36/h8-12,15,18-19H,2-7,13-14H2,1H3,(H,30,37)(H2,29,31,32,33,34). The number of halogens is 2. The largest absolute Gasteiger partial charge is 0.341 e. The van der Waals surface area contributed by atoms with Crippen molar-refractivity contribution in [2.24, 2.45) is 0 Å². The lowest BCUT2D eigenvalue weighted by Gasteiger charge is -2.35. The van der Waals surface area contributed by atoms with E-state index in [0.717, 1.165) is 37.2 Å². The Morgan fingerprint density at radius 3 is 2.41 bits per heavy atom. The second kappa shape index (κ2) is 9.60. The minimum Gasteiger partial charge on any atom is -0.341 e. The predicted octanol–water partition coefficient (Wildman–Crippen LogP) is 4.57. The minimum absolute atomic E-state index is 0.0589. The van der Waals surface area contributed by atoms with Gasteiger partial charge in [0, 0.05) is 56.1 Å². The number of anilines is 3. The van der Waals surface area contributed by atoms with E-state index in [-0.39, 0.29) is 18.1 Å². The average molecular weight is 509 g/mol. The molecule has 2 aliphatic carbocycles. The smallest absolute Gasteiger partial charge is 0.318 e. The van der Waals surface area contributed by atoms with Gasteiger partial charge in [-0.25, -0.2) is 18.6 Å². The fourth-order valence-corrected chi connectivity index (χ4v) is 5.29. The molecule has 37 heavy (non-hydrogen) atoms. The molecule has 2 saturated carbocycles. The first-order chi connectivity index (χ1) is 17.9. The summed E-state index contributed by atoms with van der Waals surface area (Å²) in [6, 6.07) is 6.36. The van der Waals surface area contributed by atoms with E-state index in [1.165, 1.54) is 25.0 Å². The van der Waals surface area contributed by atoms with Crippen molar-refractivity contribution in [3.63, 3.8) is 0 Å². The van der Waals surface area contributed by atoms with Gasteiger partial charge in [0.15, 0.2) is 17.5 Å². The summed E-state index contributed by atoms with van der Waals surface area (Å²) in [6.45, 7) is 0.580. The van der Waals surface area contributed by atoms with Gasteiger partial charge in [-0.05, 0) is 67.9 Å². The zero-order valence-electron chi connectivity index (χ0n) is 20.7. The van der Waals surface area contributed by atoms with Crippen LogP contribution in [0.5, 0.6) is 0 Å². The zero-order valence-corrected chi connectivity index (χ0v) is 20.7. The molecule has 0 saturated heterocycles. The molecule has 9 nitrogen and oxygen atoms in total. The molecule has 0 unspecified atom stereocenters. The van der Waals surface area contributed by atoms with Crippen molar-refractivity contribution >= 4 is 23.6 Å². The van der Waals surface area contributed by atoms with Crippen molar-refractivity contribution in [3.05, 3.63) is 58.9 Å². The first-order valence-corrected chi connectivity index (χ1v) is 12.8. The van der Waals surface area contributed by atoms with E-state index >= 15 is 0 Å². The van der Waals surface area contributed by atoms with Gasteiger partial charge in [0.1, 0.15) is 5.82 Å². The van der Waals surface area contributed by atoms with Gasteiger partial charge in [-0.2, -0.15) is 10.1 Å². The fourth-order valence-electron chi connectivity index (χ4n) is 5.29. The summed E-state index contributed by atoms with van der Waals surface area (Å²) in [5, 5.41) is 13.8. The van der Waals surface area contributed by atoms with Gasteiger partial charge in [0.2, 0.25) is 5.95 Å². The summed E-state index contributed by atoms with van der Waals surface area (Å²) in [7, 11) is 2.00. The van der Waals surface area contributed by atoms with Crippen molar-refractivity contribution in [2.75, 3.05) is 17.3 Å². The first-order valence-electron chi connectivity index (χ1n) is 12.8. The van der Waals surface area contributed by atoms with E-state index in [0.29, 0.717) is 41.9 Å². The lowest BCUT2D eigenvalue weighted by atomic mass is 9.90. The van der Waals surface area contributed by atoms with Gasteiger partial charge >= 0.3 is 6.03 Å². The fraction of sp³-hybridized carbons (Fsp3) is 0.462. The highest BCUT2D eigenvalue weighted by Gasteiger charge is 2.30. The molecule has 0 radical (unpaired) electrons. The summed E-state index contributed by atoms with van der Waals surface area (Å²) in [5.74, 6) is 0.940. The summed E-state index contributed by atoms with van der Waals surface area (Å²) < 4.78 is 27.1. The maximum absolute atomic E-state index is 13.5. The Morgan fingerprint density at radius 1 is 1.03 bits per heavy atom. The molecule has 3 N–H and O–H groups in total. The van der Waals surface area contributed by atoms with Gasteiger partial charge in [0.25, 0.3) is 0 Å². The van der Waals surface area contributed by atoms with Crippen molar-refractivity contribution in [1.29, 1.82) is 0 Å². The van der Waals surface area contributed by atoms with E-state index in [2.05, 4.69) is 35.7 Å². The Balaban J connectivity index is 1.00. The van der Waals surface area contributed by atoms with Crippen LogP contribution in [0.25, 0.3) is 0 Å². The Hall–Kier alpha value is -3.76. The van der Waals surface area contributed by atoms with Crippen LogP contribution in [-0.4, -0.2) is 50.2 Å². The zero-order chi connectivity index (χ0) is 25.5. The third kappa shape index (κ3) is 5.07. The van der Waals surface area contributed by atoms with Gasteiger partial charge in [-0.15, -0.1) is 0 Å². The molecular formula is C26H30F2N8O. The van der Waals surface area contributed by atoms with E-state index in [4.69, 9.17) is 0 Å². The number of nitrogens with one attached hydrogen (secondary N) is 3. The predicted molar refractivity (Wildman–Crippen MR) is 134 cm³/mol. The monoisotopic (exact) mass is 508 g/mol. The Kier molecular flexibility index (Phi) is 6.13. The van der Waals surface area contributed by atoms with Crippen LogP contribution in [0.3, 0.4) is 0 Å². The number of aromatic amines is 1. The number of hydrogen-bond donors (Lipinski definition) is 3. The summed E-state index contributed by atoms with van der Waals surface area (Å²) in [6.07, 6.45) is 7.62. The van der Waals surface area contributed by atoms with E-state index in [1.807, 2.05) is 19.2 Å². The number of H-pyrrole nitrogens is 1. The Bertz CT molecular complexity index is 1270. The second-order valence-electron chi connectivity index (χ2n) is 10.3. The lowest BCUT2D eigenvalue weighted by Crippen LogP contribution is -2.46. The summed E-state index contributed by atoms with van der Waals surface area (Å²) in [4.78, 5) is 25.7. The highest BCUT2D eigenvalue weighted by Crippen LogP contribution is 2.39. The molecule has 2 fully saturated rings. The SMILES string of the molecule is CN(c1nccc(Nc2cc(C3CC3)[nH]n2)n1)C1CCC(NC(=O)N2Cc3cc(F)c(F)cc3C2)CC1. The Labute approximate surface area is 213 Å². The molecule has 1 aromatic carbocycles. The quantitative estimate of drug-likeness (QED) is 0.451. The second-order valence-corrected chi connectivity index (χ2v) is 10.3. The number of fused-ring (bicyclic) bond motifs is 1. The van der Waals surface area contributed by atoms with Crippen molar-refractivity contribution in [1.82, 2.24) is 30.4 Å². The van der Waals surface area contributed by atoms with Crippen LogP contribution < -0.4 is 15.5 Å². The molecule has 6 rings (SSSR count).